The van der Waals surface area contributed by atoms with Crippen LogP contribution >= 0.6 is 0 Å². The predicted molar refractivity (Wildman–Crippen MR) is 125 cm³/mol. The van der Waals surface area contributed by atoms with E-state index in [-0.39, 0.29) is 0 Å². The van der Waals surface area contributed by atoms with Gasteiger partial charge in [-0.3, -0.25) is 4.68 Å². The number of pyridine rings is 1. The molecule has 1 fully saturated rings. The molecular weight excluding hydrogens is 416 g/mol. The van der Waals surface area contributed by atoms with Crippen LogP contribution in [0.2, 0.25) is 0 Å². The summed E-state index contributed by atoms with van der Waals surface area (Å²) < 4.78 is 9.17. The van der Waals surface area contributed by atoms with Crippen LogP contribution < -0.4 is 9.80 Å². The van der Waals surface area contributed by atoms with Crippen molar-refractivity contribution >= 4 is 17.2 Å². The summed E-state index contributed by atoms with van der Waals surface area (Å²) in [6, 6.07) is 8.13. The average Bonchev–Trinajstić information content (AvgIpc) is 3.61. The highest BCUT2D eigenvalue weighted by atomic mass is 16.3. The number of piperazine rings is 1. The Hall–Kier alpha value is -4.14. The molecule has 166 valence electrons. The van der Waals surface area contributed by atoms with Crippen LogP contribution in [0.25, 0.3) is 16.6 Å². The molecule has 1 aliphatic heterocycles. The molecule has 0 aromatic carbocycles. The SMILES string of the molecule is Cn1cc(-c2ccc3c(N4CCN(c5ncc(Cc6ccco6)cn5)CC4)cnn3c2)cn1. The molecule has 0 atom stereocenters. The Morgan fingerprint density at radius 1 is 0.848 bits per heavy atom. The zero-order valence-electron chi connectivity index (χ0n) is 18.4. The van der Waals surface area contributed by atoms with Crippen LogP contribution in [-0.2, 0) is 13.5 Å². The first-order valence-electron chi connectivity index (χ1n) is 11.0. The molecule has 0 unspecified atom stereocenters. The molecular formula is C24H24N8O. The molecule has 5 aromatic rings. The fourth-order valence-electron chi connectivity index (χ4n) is 4.32. The third-order valence-corrected chi connectivity index (χ3v) is 6.09. The van der Waals surface area contributed by atoms with Gasteiger partial charge in [0, 0.05) is 75.6 Å². The number of aryl methyl sites for hydroxylation is 1. The lowest BCUT2D eigenvalue weighted by atomic mass is 10.1. The van der Waals surface area contributed by atoms with Crippen LogP contribution in [0.5, 0.6) is 0 Å². The first-order chi connectivity index (χ1) is 16.2. The molecule has 1 saturated heterocycles. The van der Waals surface area contributed by atoms with Gasteiger partial charge >= 0.3 is 0 Å². The molecule has 6 rings (SSSR count). The maximum atomic E-state index is 5.41. The number of hydrogen-bond acceptors (Lipinski definition) is 7. The van der Waals surface area contributed by atoms with Crippen molar-refractivity contribution in [2.45, 2.75) is 6.42 Å². The maximum absolute atomic E-state index is 5.41. The van der Waals surface area contributed by atoms with Gasteiger partial charge in [0.15, 0.2) is 0 Å². The second-order valence-electron chi connectivity index (χ2n) is 8.30. The van der Waals surface area contributed by atoms with E-state index >= 15 is 0 Å². The molecule has 33 heavy (non-hydrogen) atoms. The van der Waals surface area contributed by atoms with E-state index in [1.165, 1.54) is 0 Å². The third-order valence-electron chi connectivity index (χ3n) is 6.09. The molecule has 9 heteroatoms. The average molecular weight is 441 g/mol. The Morgan fingerprint density at radius 3 is 2.39 bits per heavy atom. The fraction of sp³-hybridized carbons (Fsp3) is 0.250. The molecule has 0 radical (unpaired) electrons. The summed E-state index contributed by atoms with van der Waals surface area (Å²) >= 11 is 0. The molecule has 0 spiro atoms. The second-order valence-corrected chi connectivity index (χ2v) is 8.30. The van der Waals surface area contributed by atoms with Crippen molar-refractivity contribution in [3.8, 4) is 11.1 Å². The lowest BCUT2D eigenvalue weighted by Crippen LogP contribution is -2.47. The summed E-state index contributed by atoms with van der Waals surface area (Å²) in [6.07, 6.45) is 14.1. The molecule has 1 aliphatic rings. The van der Waals surface area contributed by atoms with Gasteiger partial charge in [-0.1, -0.05) is 6.07 Å². The highest BCUT2D eigenvalue weighted by Crippen LogP contribution is 2.26. The Bertz CT molecular complexity index is 1360. The quantitative estimate of drug-likeness (QED) is 0.416. The van der Waals surface area contributed by atoms with Crippen LogP contribution in [0, 0.1) is 0 Å². The lowest BCUT2D eigenvalue weighted by Gasteiger charge is -2.35. The predicted octanol–water partition coefficient (Wildman–Crippen LogP) is 3.04. The maximum Gasteiger partial charge on any atom is 0.225 e. The van der Waals surface area contributed by atoms with Gasteiger partial charge in [0.25, 0.3) is 0 Å². The van der Waals surface area contributed by atoms with Gasteiger partial charge in [0.1, 0.15) is 5.76 Å². The van der Waals surface area contributed by atoms with E-state index in [4.69, 9.17) is 4.42 Å². The van der Waals surface area contributed by atoms with Crippen LogP contribution in [0.1, 0.15) is 11.3 Å². The molecule has 0 N–H and O–H groups in total. The van der Waals surface area contributed by atoms with E-state index in [2.05, 4.69) is 48.3 Å². The third kappa shape index (κ3) is 3.82. The van der Waals surface area contributed by atoms with Gasteiger partial charge in [-0.05, 0) is 23.8 Å². The highest BCUT2D eigenvalue weighted by molar-refractivity contribution is 5.75. The summed E-state index contributed by atoms with van der Waals surface area (Å²) in [6.45, 7) is 3.51. The van der Waals surface area contributed by atoms with E-state index in [1.807, 2.05) is 59.4 Å². The number of anilines is 2. The molecule has 0 bridgehead atoms. The van der Waals surface area contributed by atoms with Crippen LogP contribution in [-0.4, -0.2) is 55.5 Å². The zero-order chi connectivity index (χ0) is 22.2. The second kappa shape index (κ2) is 8.09. The van der Waals surface area contributed by atoms with Crippen molar-refractivity contribution in [1.82, 2.24) is 29.4 Å². The number of furan rings is 1. The van der Waals surface area contributed by atoms with Crippen molar-refractivity contribution in [3.05, 3.63) is 79.0 Å². The summed E-state index contributed by atoms with van der Waals surface area (Å²) in [5.41, 5.74) is 5.49. The van der Waals surface area contributed by atoms with E-state index in [0.717, 1.165) is 65.8 Å². The van der Waals surface area contributed by atoms with Gasteiger partial charge in [-0.15, -0.1) is 0 Å². The molecule has 0 saturated carbocycles. The number of hydrogen-bond donors (Lipinski definition) is 0. The topological polar surface area (TPSA) is 80.5 Å². The lowest BCUT2D eigenvalue weighted by molar-refractivity contribution is 0.520. The van der Waals surface area contributed by atoms with Gasteiger partial charge in [-0.2, -0.15) is 10.2 Å². The first-order valence-corrected chi connectivity index (χ1v) is 11.0. The fourth-order valence-corrected chi connectivity index (χ4v) is 4.32. The van der Waals surface area contributed by atoms with Gasteiger partial charge in [0.05, 0.1) is 29.9 Å². The minimum absolute atomic E-state index is 0.707. The van der Waals surface area contributed by atoms with E-state index in [1.54, 1.807) is 6.26 Å². The van der Waals surface area contributed by atoms with Crippen molar-refractivity contribution in [3.63, 3.8) is 0 Å². The molecule has 6 heterocycles. The number of fused-ring (bicyclic) bond motifs is 1. The number of nitrogens with zero attached hydrogens (tertiary/aromatic N) is 8. The van der Waals surface area contributed by atoms with E-state index in [9.17, 15) is 0 Å². The van der Waals surface area contributed by atoms with Crippen LogP contribution in [0.15, 0.2) is 72.1 Å². The number of aromatic nitrogens is 6. The molecule has 0 amide bonds. The summed E-state index contributed by atoms with van der Waals surface area (Å²) in [5.74, 6) is 1.69. The Labute approximate surface area is 190 Å². The largest absolute Gasteiger partial charge is 0.469 e. The summed E-state index contributed by atoms with van der Waals surface area (Å²) in [5, 5.41) is 8.87. The van der Waals surface area contributed by atoms with Gasteiger partial charge < -0.3 is 14.2 Å². The number of rotatable bonds is 5. The smallest absolute Gasteiger partial charge is 0.225 e. The van der Waals surface area contributed by atoms with Crippen molar-refractivity contribution in [2.24, 2.45) is 7.05 Å². The monoisotopic (exact) mass is 440 g/mol. The van der Waals surface area contributed by atoms with E-state index < -0.39 is 0 Å². The van der Waals surface area contributed by atoms with Crippen LogP contribution in [0.4, 0.5) is 11.6 Å². The van der Waals surface area contributed by atoms with Crippen molar-refractivity contribution in [1.29, 1.82) is 0 Å². The Morgan fingerprint density at radius 2 is 1.67 bits per heavy atom. The van der Waals surface area contributed by atoms with Crippen molar-refractivity contribution < 1.29 is 4.42 Å². The molecule has 5 aromatic heterocycles. The minimum Gasteiger partial charge on any atom is -0.469 e. The summed E-state index contributed by atoms with van der Waals surface area (Å²) in [7, 11) is 1.92. The Balaban J connectivity index is 1.13. The Kier molecular flexibility index (Phi) is 4.79. The summed E-state index contributed by atoms with van der Waals surface area (Å²) in [4.78, 5) is 13.8. The highest BCUT2D eigenvalue weighted by Gasteiger charge is 2.21. The van der Waals surface area contributed by atoms with Gasteiger partial charge in [0.2, 0.25) is 5.95 Å². The zero-order valence-corrected chi connectivity index (χ0v) is 18.4. The normalized spacial score (nSPS) is 14.3. The first kappa shape index (κ1) is 19.5. The standard InChI is InChI=1S/C24H24N8O/c1-29-16-20(14-27-29)19-4-5-22-23(15-28-32(22)17-19)30-6-8-31(9-7-30)24-25-12-18(13-26-24)11-21-3-2-10-33-21/h2-5,10,12-17H,6-9,11H2,1H3. The van der Waals surface area contributed by atoms with Crippen LogP contribution in [0.3, 0.4) is 0 Å². The van der Waals surface area contributed by atoms with Crippen molar-refractivity contribution in [2.75, 3.05) is 36.0 Å². The minimum atomic E-state index is 0.707. The van der Waals surface area contributed by atoms with Gasteiger partial charge in [-0.25, -0.2) is 14.5 Å². The molecule has 0 aliphatic carbocycles. The van der Waals surface area contributed by atoms with E-state index in [0.29, 0.717) is 6.42 Å². The molecule has 9 nitrogen and oxygen atoms in total.